The molecule has 1 unspecified atom stereocenters. The molecule has 0 aromatic carbocycles. The summed E-state index contributed by atoms with van der Waals surface area (Å²) in [5, 5.41) is 3.11. The predicted molar refractivity (Wildman–Crippen MR) is 136 cm³/mol. The van der Waals surface area contributed by atoms with Crippen LogP contribution in [-0.2, 0) is 9.53 Å². The molecule has 1 heterocycles. The first kappa shape index (κ1) is 27.6. The third-order valence-corrected chi connectivity index (χ3v) is 6.90. The lowest BCUT2D eigenvalue weighted by Crippen LogP contribution is -2.47. The fourth-order valence-electron chi connectivity index (χ4n) is 4.53. The number of carbonyl (C=O) groups is 1. The van der Waals surface area contributed by atoms with Gasteiger partial charge < -0.3 is 15.0 Å². The predicted octanol–water partition coefficient (Wildman–Crippen LogP) is 6.20. The molecular weight excluding hydrogens is 415 g/mol. The molecule has 0 spiro atoms. The average molecular weight is 463 g/mol. The highest BCUT2D eigenvalue weighted by molar-refractivity contribution is 5.82. The first-order valence-electron chi connectivity index (χ1n) is 13.0. The lowest BCUT2D eigenvalue weighted by atomic mass is 9.89. The highest BCUT2D eigenvalue weighted by atomic mass is 19.1. The van der Waals surface area contributed by atoms with Crippen LogP contribution in [0.1, 0.15) is 79.1 Å². The Morgan fingerprint density at radius 1 is 1.27 bits per heavy atom. The maximum Gasteiger partial charge on any atom is 0.227 e. The molecule has 1 aliphatic heterocycles. The van der Waals surface area contributed by atoms with Crippen molar-refractivity contribution in [1.29, 1.82) is 0 Å². The van der Waals surface area contributed by atoms with Crippen LogP contribution in [0.3, 0.4) is 0 Å². The number of amides is 1. The van der Waals surface area contributed by atoms with Crippen molar-refractivity contribution in [2.24, 2.45) is 17.3 Å². The number of methoxy groups -OCH3 is 1. The van der Waals surface area contributed by atoms with Crippen molar-refractivity contribution in [3.63, 3.8) is 0 Å². The number of likely N-dealkylation sites (tertiary alicyclic amines) is 1. The van der Waals surface area contributed by atoms with E-state index < -0.39 is 6.17 Å². The highest BCUT2D eigenvalue weighted by Gasteiger charge is 2.31. The van der Waals surface area contributed by atoms with Gasteiger partial charge in [0.15, 0.2) is 0 Å². The Morgan fingerprint density at radius 3 is 2.73 bits per heavy atom. The van der Waals surface area contributed by atoms with Crippen LogP contribution in [0.2, 0.25) is 0 Å². The Morgan fingerprint density at radius 2 is 2.06 bits per heavy atom. The molecule has 4 nitrogen and oxygen atoms in total. The van der Waals surface area contributed by atoms with Crippen LogP contribution in [0.25, 0.3) is 0 Å². The van der Waals surface area contributed by atoms with Gasteiger partial charge in [-0.3, -0.25) is 4.79 Å². The van der Waals surface area contributed by atoms with Crippen molar-refractivity contribution in [2.75, 3.05) is 33.3 Å². The highest BCUT2D eigenvalue weighted by Crippen LogP contribution is 2.26. The second-order valence-electron chi connectivity index (χ2n) is 10.9. The van der Waals surface area contributed by atoms with Crippen LogP contribution in [-0.4, -0.2) is 50.3 Å². The number of hydrogen-bond acceptors (Lipinski definition) is 3. The maximum absolute atomic E-state index is 14.9. The summed E-state index contributed by atoms with van der Waals surface area (Å²) >= 11 is 0. The van der Waals surface area contributed by atoms with E-state index in [0.29, 0.717) is 13.1 Å². The van der Waals surface area contributed by atoms with E-state index in [1.54, 1.807) is 7.11 Å². The number of piperidine rings is 1. The van der Waals surface area contributed by atoms with Crippen LogP contribution < -0.4 is 5.32 Å². The van der Waals surface area contributed by atoms with Crippen LogP contribution in [0, 0.1) is 17.3 Å². The summed E-state index contributed by atoms with van der Waals surface area (Å²) in [5.41, 5.74) is 1.29. The SMILES string of the molecule is CCCCCCC(C(=O)NC[C@@H]1CCN(CCC(C)(C)C)C[C@@H]1F)C1=CC=C(OC)CC=C1. The van der Waals surface area contributed by atoms with Crippen molar-refractivity contribution >= 4 is 5.91 Å². The van der Waals surface area contributed by atoms with Gasteiger partial charge >= 0.3 is 0 Å². The number of nitrogens with one attached hydrogen (secondary N) is 1. The molecule has 5 heteroatoms. The summed E-state index contributed by atoms with van der Waals surface area (Å²) < 4.78 is 20.3. The normalized spacial score (nSPS) is 22.8. The second kappa shape index (κ2) is 13.9. The van der Waals surface area contributed by atoms with Gasteiger partial charge in [0, 0.05) is 25.4 Å². The minimum Gasteiger partial charge on any atom is -0.501 e. The van der Waals surface area contributed by atoms with E-state index >= 15 is 0 Å². The number of rotatable bonds is 12. The third kappa shape index (κ3) is 10.0. The molecule has 0 radical (unpaired) electrons. The van der Waals surface area contributed by atoms with E-state index in [1.165, 1.54) is 12.8 Å². The fraction of sp³-hybridized carbons (Fsp3) is 0.750. The summed E-state index contributed by atoms with van der Waals surface area (Å²) in [5.74, 6) is 0.624. The molecule has 0 saturated carbocycles. The van der Waals surface area contributed by atoms with E-state index in [0.717, 1.165) is 62.9 Å². The zero-order valence-corrected chi connectivity index (χ0v) is 21.7. The molecule has 188 valence electrons. The van der Waals surface area contributed by atoms with Gasteiger partial charge in [-0.15, -0.1) is 0 Å². The zero-order valence-electron chi connectivity index (χ0n) is 21.7. The van der Waals surface area contributed by atoms with Gasteiger partial charge in [0.05, 0.1) is 18.8 Å². The maximum atomic E-state index is 14.9. The molecule has 0 aromatic heterocycles. The van der Waals surface area contributed by atoms with Gasteiger partial charge in [-0.1, -0.05) is 71.6 Å². The zero-order chi connectivity index (χ0) is 24.3. The van der Waals surface area contributed by atoms with Crippen molar-refractivity contribution in [2.45, 2.75) is 85.2 Å². The Labute approximate surface area is 201 Å². The quantitative estimate of drug-likeness (QED) is 0.351. The van der Waals surface area contributed by atoms with Gasteiger partial charge in [0.1, 0.15) is 6.17 Å². The molecule has 2 rings (SSSR count). The standard InChI is InChI=1S/C28H47FN2O2/c1-6-7-8-9-13-25(22-11-10-12-24(33-5)15-14-22)27(32)30-20-23-16-18-31(21-26(23)29)19-17-28(2,3)4/h10-11,14-15,23,25-26H,6-9,12-13,16-21H2,1-5H3,(H,30,32)/t23-,25?,26-/m0/s1. The van der Waals surface area contributed by atoms with Crippen LogP contribution in [0.15, 0.2) is 35.6 Å². The largest absolute Gasteiger partial charge is 0.501 e. The molecule has 1 aliphatic carbocycles. The van der Waals surface area contributed by atoms with Crippen LogP contribution in [0.5, 0.6) is 0 Å². The van der Waals surface area contributed by atoms with Gasteiger partial charge in [-0.2, -0.15) is 0 Å². The first-order chi connectivity index (χ1) is 15.7. The number of nitrogens with zero attached hydrogens (tertiary/aromatic N) is 1. The topological polar surface area (TPSA) is 41.6 Å². The monoisotopic (exact) mass is 462 g/mol. The fourth-order valence-corrected chi connectivity index (χ4v) is 4.53. The Kier molecular flexibility index (Phi) is 11.7. The summed E-state index contributed by atoms with van der Waals surface area (Å²) in [6, 6.07) is 0. The summed E-state index contributed by atoms with van der Waals surface area (Å²) in [4.78, 5) is 15.5. The third-order valence-electron chi connectivity index (χ3n) is 6.90. The van der Waals surface area contributed by atoms with Crippen molar-refractivity contribution < 1.29 is 13.9 Å². The van der Waals surface area contributed by atoms with E-state index in [9.17, 15) is 9.18 Å². The number of alkyl halides is 1. The van der Waals surface area contributed by atoms with Gasteiger partial charge in [-0.25, -0.2) is 4.39 Å². The molecule has 0 bridgehead atoms. The number of allylic oxidation sites excluding steroid dienone is 4. The van der Waals surface area contributed by atoms with E-state index in [1.807, 2.05) is 12.2 Å². The molecule has 3 atom stereocenters. The summed E-state index contributed by atoms with van der Waals surface area (Å²) in [6.07, 6.45) is 15.2. The van der Waals surface area contributed by atoms with Gasteiger partial charge in [0.2, 0.25) is 5.91 Å². The van der Waals surface area contributed by atoms with Crippen LogP contribution >= 0.6 is 0 Å². The number of carbonyl (C=O) groups excluding carboxylic acids is 1. The Bertz CT molecular complexity index is 693. The number of halogens is 1. The van der Waals surface area contributed by atoms with E-state index in [4.69, 9.17) is 4.74 Å². The second-order valence-corrected chi connectivity index (χ2v) is 10.9. The number of hydrogen-bond donors (Lipinski definition) is 1. The Hall–Kier alpha value is -1.62. The molecule has 1 saturated heterocycles. The van der Waals surface area contributed by atoms with Gasteiger partial charge in [-0.05, 0) is 49.4 Å². The smallest absolute Gasteiger partial charge is 0.227 e. The van der Waals surface area contributed by atoms with Crippen molar-refractivity contribution in [3.8, 4) is 0 Å². The van der Waals surface area contributed by atoms with Crippen molar-refractivity contribution in [1.82, 2.24) is 10.2 Å². The average Bonchev–Trinajstić information content (AvgIpc) is 3.02. The molecule has 33 heavy (non-hydrogen) atoms. The van der Waals surface area contributed by atoms with E-state index in [-0.39, 0.29) is 23.2 Å². The molecule has 0 aromatic rings. The van der Waals surface area contributed by atoms with E-state index in [2.05, 4.69) is 50.1 Å². The van der Waals surface area contributed by atoms with Gasteiger partial charge in [0.25, 0.3) is 0 Å². The molecule has 1 amide bonds. The number of ether oxygens (including phenoxy) is 1. The lowest BCUT2D eigenvalue weighted by Gasteiger charge is -2.36. The number of unbranched alkanes of at least 4 members (excludes halogenated alkanes) is 3. The summed E-state index contributed by atoms with van der Waals surface area (Å²) in [7, 11) is 1.68. The molecule has 1 N–H and O–H groups in total. The molecule has 2 aliphatic rings. The van der Waals surface area contributed by atoms with Crippen LogP contribution in [0.4, 0.5) is 4.39 Å². The lowest BCUT2D eigenvalue weighted by molar-refractivity contribution is -0.124. The first-order valence-corrected chi connectivity index (χ1v) is 13.0. The molecular formula is C28H47FN2O2. The minimum atomic E-state index is -0.883. The molecule has 1 fully saturated rings. The summed E-state index contributed by atoms with van der Waals surface area (Å²) in [6.45, 7) is 11.6. The Balaban J connectivity index is 1.93. The minimum absolute atomic E-state index is 0.0269. The van der Waals surface area contributed by atoms with Crippen molar-refractivity contribution in [3.05, 3.63) is 35.6 Å².